The molecule has 0 saturated carbocycles. The van der Waals surface area contributed by atoms with Crippen molar-refractivity contribution in [3.05, 3.63) is 94.6 Å². The Morgan fingerprint density at radius 2 is 1.44 bits per heavy atom. The van der Waals surface area contributed by atoms with Crippen LogP contribution in [-0.2, 0) is 23.3 Å². The van der Waals surface area contributed by atoms with Crippen molar-refractivity contribution in [2.45, 2.75) is 58.5 Å². The van der Waals surface area contributed by atoms with E-state index in [1.165, 1.54) is 0 Å². The lowest BCUT2D eigenvalue weighted by atomic mass is 9.83. The monoisotopic (exact) mass is 571 g/mol. The fourth-order valence-electron chi connectivity index (χ4n) is 4.32. The molecule has 11 heteroatoms. The van der Waals surface area contributed by atoms with Crippen LogP contribution in [0.3, 0.4) is 0 Å². The van der Waals surface area contributed by atoms with Crippen LogP contribution in [0.4, 0.5) is 13.2 Å². The second kappa shape index (κ2) is 12.0. The summed E-state index contributed by atoms with van der Waals surface area (Å²) in [5, 5.41) is 36.9. The first-order valence-electron chi connectivity index (χ1n) is 12.7. The molecule has 0 fully saturated rings. The molecule has 41 heavy (non-hydrogen) atoms. The Hall–Kier alpha value is -4.38. The molecule has 0 spiro atoms. The van der Waals surface area contributed by atoms with Gasteiger partial charge in [-0.2, -0.15) is 13.2 Å². The summed E-state index contributed by atoms with van der Waals surface area (Å²) in [5.41, 5.74) is 3.94. The van der Waals surface area contributed by atoms with Crippen molar-refractivity contribution in [3.8, 4) is 5.75 Å². The van der Waals surface area contributed by atoms with Crippen molar-refractivity contribution in [1.29, 1.82) is 5.41 Å². The zero-order valence-electron chi connectivity index (χ0n) is 23.0. The van der Waals surface area contributed by atoms with Gasteiger partial charge in [0.2, 0.25) is 5.62 Å². The zero-order valence-corrected chi connectivity index (χ0v) is 23.0. The number of phenolic OH excluding ortho intramolecular Hbond substituents is 1. The molecule has 0 aliphatic heterocycles. The first-order valence-corrected chi connectivity index (χ1v) is 12.7. The number of rotatable bonds is 6. The Balaban J connectivity index is 0.000000587. The number of carbonyl (C=O) groups is 2. The van der Waals surface area contributed by atoms with Crippen molar-refractivity contribution in [3.63, 3.8) is 0 Å². The summed E-state index contributed by atoms with van der Waals surface area (Å²) in [4.78, 5) is 22.4. The molecule has 0 radical (unpaired) electrons. The molecule has 0 aliphatic carbocycles. The number of ketones is 1. The van der Waals surface area contributed by atoms with E-state index in [0.717, 1.165) is 16.6 Å². The smallest absolute Gasteiger partial charge is 0.490 e. The van der Waals surface area contributed by atoms with E-state index in [4.69, 9.17) is 15.3 Å². The van der Waals surface area contributed by atoms with E-state index in [9.17, 15) is 28.2 Å². The SMILES string of the molecule is CC(O)c1cc(C(=O)Cn2c(=N)n(Cc3ccccc3)c3ccccc32)cc(C(C)(C)C)c1O.O=C(O)C(F)(F)F. The van der Waals surface area contributed by atoms with Crippen molar-refractivity contribution < 1.29 is 38.1 Å². The summed E-state index contributed by atoms with van der Waals surface area (Å²) in [6.07, 6.45) is -6.00. The van der Waals surface area contributed by atoms with E-state index in [0.29, 0.717) is 23.2 Å². The molecule has 1 aromatic heterocycles. The van der Waals surface area contributed by atoms with Gasteiger partial charge in [0, 0.05) is 16.7 Å². The summed E-state index contributed by atoms with van der Waals surface area (Å²) in [5.74, 6) is -2.92. The van der Waals surface area contributed by atoms with Crippen molar-refractivity contribution >= 4 is 22.8 Å². The fourth-order valence-corrected chi connectivity index (χ4v) is 4.32. The van der Waals surface area contributed by atoms with Gasteiger partial charge < -0.3 is 24.5 Å². The summed E-state index contributed by atoms with van der Waals surface area (Å²) in [6, 6.07) is 20.9. The average molecular weight is 572 g/mol. The van der Waals surface area contributed by atoms with E-state index in [2.05, 4.69) is 0 Å². The normalized spacial score (nSPS) is 12.5. The Bertz CT molecular complexity index is 1610. The van der Waals surface area contributed by atoms with E-state index in [1.54, 1.807) is 23.6 Å². The van der Waals surface area contributed by atoms with Gasteiger partial charge in [-0.3, -0.25) is 10.2 Å². The van der Waals surface area contributed by atoms with Crippen molar-refractivity contribution in [2.75, 3.05) is 0 Å². The number of fused-ring (bicyclic) bond motifs is 1. The number of aliphatic hydroxyl groups is 1. The van der Waals surface area contributed by atoms with Crippen LogP contribution in [0.15, 0.2) is 66.7 Å². The van der Waals surface area contributed by atoms with Gasteiger partial charge in [-0.15, -0.1) is 0 Å². The molecule has 0 bridgehead atoms. The number of aliphatic hydroxyl groups excluding tert-OH is 1. The number of carboxylic acid groups (broad SMARTS) is 1. The Labute approximate surface area is 234 Å². The van der Waals surface area contributed by atoms with Gasteiger partial charge in [0.25, 0.3) is 0 Å². The molecular formula is C30H32F3N3O5. The zero-order chi connectivity index (χ0) is 30.7. The van der Waals surface area contributed by atoms with Gasteiger partial charge in [0.1, 0.15) is 5.75 Å². The molecule has 0 aliphatic rings. The number of benzene rings is 3. The van der Waals surface area contributed by atoms with E-state index >= 15 is 0 Å². The van der Waals surface area contributed by atoms with Crippen LogP contribution in [0, 0.1) is 5.41 Å². The number of alkyl halides is 3. The Kier molecular flexibility index (Phi) is 9.13. The minimum absolute atomic E-state index is 0.0191. The van der Waals surface area contributed by atoms with Gasteiger partial charge >= 0.3 is 12.1 Å². The molecule has 4 N–H and O–H groups in total. The number of aromatic hydroxyl groups is 1. The third-order valence-corrected chi connectivity index (χ3v) is 6.42. The van der Waals surface area contributed by atoms with Gasteiger partial charge in [-0.05, 0) is 42.2 Å². The summed E-state index contributed by atoms with van der Waals surface area (Å²) >= 11 is 0. The van der Waals surface area contributed by atoms with Crippen LogP contribution in [0.5, 0.6) is 5.75 Å². The molecule has 0 saturated heterocycles. The maximum Gasteiger partial charge on any atom is 0.490 e. The number of aromatic nitrogens is 2. The van der Waals surface area contributed by atoms with Crippen molar-refractivity contribution in [1.82, 2.24) is 9.13 Å². The number of aliphatic carboxylic acids is 1. The standard InChI is InChI=1S/C28H31N3O3.C2HF3O2/c1-18(32)21-14-20(15-22(26(21)34)28(2,3)4)25(33)17-31-24-13-9-8-12-23(24)30(27(31)29)16-19-10-6-5-7-11-19;3-2(4,5)1(6)7/h5-15,18,29,32,34H,16-17H2,1-4H3;(H,6,7). The Morgan fingerprint density at radius 1 is 0.927 bits per heavy atom. The van der Waals surface area contributed by atoms with Crippen LogP contribution in [0.1, 0.15) is 60.8 Å². The lowest BCUT2D eigenvalue weighted by Gasteiger charge is -2.24. The van der Waals surface area contributed by atoms with Crippen LogP contribution in [-0.4, -0.2) is 42.4 Å². The molecule has 1 atom stereocenters. The number of Topliss-reactive ketones (excluding diaryl/α,β-unsaturated/α-hetero) is 1. The van der Waals surface area contributed by atoms with E-state index in [1.807, 2.05) is 79.9 Å². The van der Waals surface area contributed by atoms with Crippen molar-refractivity contribution in [2.24, 2.45) is 0 Å². The van der Waals surface area contributed by atoms with Crippen LogP contribution < -0.4 is 5.62 Å². The highest BCUT2D eigenvalue weighted by molar-refractivity contribution is 5.97. The van der Waals surface area contributed by atoms with Gasteiger partial charge in [0.05, 0.1) is 30.2 Å². The van der Waals surface area contributed by atoms with Gasteiger partial charge in [-0.1, -0.05) is 63.2 Å². The predicted octanol–water partition coefficient (Wildman–Crippen LogP) is 5.54. The average Bonchev–Trinajstić information content (AvgIpc) is 3.14. The maximum absolute atomic E-state index is 13.5. The Morgan fingerprint density at radius 3 is 1.93 bits per heavy atom. The first kappa shape index (κ1) is 31.2. The minimum Gasteiger partial charge on any atom is -0.507 e. The third-order valence-electron chi connectivity index (χ3n) is 6.42. The molecule has 4 aromatic rings. The molecule has 8 nitrogen and oxygen atoms in total. The number of hydrogen-bond acceptors (Lipinski definition) is 5. The highest BCUT2D eigenvalue weighted by Gasteiger charge is 2.38. The fraction of sp³-hybridized carbons (Fsp3) is 0.300. The number of hydrogen-bond donors (Lipinski definition) is 4. The predicted molar refractivity (Wildman–Crippen MR) is 147 cm³/mol. The summed E-state index contributed by atoms with van der Waals surface area (Å²) in [7, 11) is 0. The summed E-state index contributed by atoms with van der Waals surface area (Å²) < 4.78 is 35.4. The number of carboxylic acids is 1. The highest BCUT2D eigenvalue weighted by Crippen LogP contribution is 2.37. The molecule has 218 valence electrons. The minimum atomic E-state index is -5.08. The van der Waals surface area contributed by atoms with Crippen LogP contribution in [0.2, 0.25) is 0 Å². The summed E-state index contributed by atoms with van der Waals surface area (Å²) in [6.45, 7) is 7.95. The topological polar surface area (TPSA) is 129 Å². The number of nitrogens with one attached hydrogen (secondary N) is 1. The number of para-hydroxylation sites is 2. The lowest BCUT2D eigenvalue weighted by Crippen LogP contribution is -2.28. The number of nitrogens with zero attached hydrogens (tertiary/aromatic N) is 2. The maximum atomic E-state index is 13.5. The van der Waals surface area contributed by atoms with E-state index < -0.39 is 23.7 Å². The number of phenols is 1. The second-order valence-corrected chi connectivity index (χ2v) is 10.6. The molecule has 1 heterocycles. The largest absolute Gasteiger partial charge is 0.507 e. The van der Waals surface area contributed by atoms with Gasteiger partial charge in [-0.25, -0.2) is 4.79 Å². The number of halogens is 3. The van der Waals surface area contributed by atoms with E-state index in [-0.39, 0.29) is 23.7 Å². The van der Waals surface area contributed by atoms with Crippen LogP contribution in [0.25, 0.3) is 11.0 Å². The molecule has 3 aromatic carbocycles. The lowest BCUT2D eigenvalue weighted by molar-refractivity contribution is -0.192. The number of carbonyl (C=O) groups excluding carboxylic acids is 1. The first-order chi connectivity index (χ1) is 19.0. The quantitative estimate of drug-likeness (QED) is 0.226. The molecule has 4 rings (SSSR count). The molecule has 0 amide bonds. The van der Waals surface area contributed by atoms with Crippen LogP contribution >= 0.6 is 0 Å². The second-order valence-electron chi connectivity index (χ2n) is 10.6. The highest BCUT2D eigenvalue weighted by atomic mass is 19.4. The molecular weight excluding hydrogens is 539 g/mol. The number of imidazole rings is 1. The molecule has 1 unspecified atom stereocenters. The van der Waals surface area contributed by atoms with Gasteiger partial charge in [0.15, 0.2) is 5.78 Å². The third kappa shape index (κ3) is 7.23.